The Balaban J connectivity index is 1.55. The lowest BCUT2D eigenvalue weighted by molar-refractivity contribution is -0.150. The number of fused-ring (bicyclic) bond motifs is 2. The number of carbonyl (C=O) groups excluding carboxylic acids is 1. The third kappa shape index (κ3) is 5.42. The lowest BCUT2D eigenvalue weighted by atomic mass is 10.2. The highest BCUT2D eigenvalue weighted by molar-refractivity contribution is 9.10. The van der Waals surface area contributed by atoms with Crippen molar-refractivity contribution in [3.8, 4) is 23.1 Å². The number of carbonyl (C=O) groups is 1. The van der Waals surface area contributed by atoms with Gasteiger partial charge in [0.1, 0.15) is 5.58 Å². The third-order valence-corrected chi connectivity index (χ3v) is 6.38. The smallest absolute Gasteiger partial charge is 0.347 e. The summed E-state index contributed by atoms with van der Waals surface area (Å²) < 4.78 is 24.3. The van der Waals surface area contributed by atoms with Crippen molar-refractivity contribution < 1.29 is 23.4 Å². The average Bonchev–Trinajstić information content (AvgIpc) is 3.36. The molecule has 2 heterocycles. The summed E-state index contributed by atoms with van der Waals surface area (Å²) in [5, 5.41) is 5.76. The molecular formula is C29H24BrN3O6. The molecule has 0 amide bonds. The summed E-state index contributed by atoms with van der Waals surface area (Å²) in [7, 11) is 1.49. The van der Waals surface area contributed by atoms with Gasteiger partial charge in [0.25, 0.3) is 5.56 Å². The number of hydrogen-bond acceptors (Lipinski definition) is 8. The Morgan fingerprint density at radius 2 is 1.95 bits per heavy atom. The van der Waals surface area contributed by atoms with Crippen LogP contribution < -0.4 is 15.0 Å². The molecule has 198 valence electrons. The maximum Gasteiger partial charge on any atom is 0.347 e. The first-order valence-corrected chi connectivity index (χ1v) is 12.9. The van der Waals surface area contributed by atoms with E-state index in [4.69, 9.17) is 23.6 Å². The van der Waals surface area contributed by atoms with Crippen LogP contribution in [0.4, 0.5) is 0 Å². The van der Waals surface area contributed by atoms with Gasteiger partial charge in [0.05, 0.1) is 30.8 Å². The monoisotopic (exact) mass is 589 g/mol. The molecule has 0 saturated heterocycles. The van der Waals surface area contributed by atoms with Crippen LogP contribution in [-0.2, 0) is 9.53 Å². The third-order valence-electron chi connectivity index (χ3n) is 5.88. The Morgan fingerprint density at radius 3 is 2.74 bits per heavy atom. The van der Waals surface area contributed by atoms with Gasteiger partial charge in [0.15, 0.2) is 23.4 Å². The number of hydrogen-bond donors (Lipinski definition) is 0. The first-order chi connectivity index (χ1) is 18.9. The van der Waals surface area contributed by atoms with Gasteiger partial charge in [-0.15, -0.1) is 0 Å². The van der Waals surface area contributed by atoms with E-state index in [0.29, 0.717) is 39.3 Å². The number of halogens is 1. The van der Waals surface area contributed by atoms with Gasteiger partial charge >= 0.3 is 5.97 Å². The number of aromatic nitrogens is 2. The minimum atomic E-state index is -0.812. The van der Waals surface area contributed by atoms with E-state index in [0.717, 1.165) is 9.86 Å². The summed E-state index contributed by atoms with van der Waals surface area (Å²) in [5.41, 5.74) is 1.47. The Kier molecular flexibility index (Phi) is 7.47. The van der Waals surface area contributed by atoms with E-state index in [1.807, 2.05) is 30.3 Å². The maximum atomic E-state index is 13.5. The molecule has 0 bridgehead atoms. The van der Waals surface area contributed by atoms with Crippen LogP contribution in [-0.4, -0.2) is 41.7 Å². The van der Waals surface area contributed by atoms with E-state index in [-0.39, 0.29) is 18.0 Å². The topological polar surface area (TPSA) is 105 Å². The molecule has 0 saturated carbocycles. The van der Waals surface area contributed by atoms with Crippen molar-refractivity contribution in [2.24, 2.45) is 5.10 Å². The molecule has 3 aromatic carbocycles. The van der Waals surface area contributed by atoms with Gasteiger partial charge in [-0.05, 0) is 74.0 Å². The molecule has 0 aliphatic carbocycles. The Bertz CT molecular complexity index is 1770. The molecule has 0 unspecified atom stereocenters. The first-order valence-electron chi connectivity index (χ1n) is 12.1. The zero-order chi connectivity index (χ0) is 27.5. The molecule has 0 aliphatic rings. The fraction of sp³-hybridized carbons (Fsp3) is 0.172. The van der Waals surface area contributed by atoms with Gasteiger partial charge < -0.3 is 18.6 Å². The van der Waals surface area contributed by atoms with Crippen molar-refractivity contribution in [1.29, 1.82) is 0 Å². The summed E-state index contributed by atoms with van der Waals surface area (Å²) in [6.07, 6.45) is 0.703. The molecule has 2 aromatic heterocycles. The number of esters is 1. The summed E-state index contributed by atoms with van der Waals surface area (Å²) in [5.74, 6) is 0.949. The Morgan fingerprint density at radius 1 is 1.13 bits per heavy atom. The number of methoxy groups -OCH3 is 1. The number of furan rings is 1. The summed E-state index contributed by atoms with van der Waals surface area (Å²) in [6.45, 7) is 3.59. The van der Waals surface area contributed by atoms with Crippen LogP contribution >= 0.6 is 15.9 Å². The second kappa shape index (κ2) is 11.1. The van der Waals surface area contributed by atoms with Gasteiger partial charge in [-0.3, -0.25) is 4.79 Å². The molecule has 10 heteroatoms. The highest BCUT2D eigenvalue weighted by Gasteiger charge is 2.19. The molecule has 0 spiro atoms. The zero-order valence-electron chi connectivity index (χ0n) is 21.4. The van der Waals surface area contributed by atoms with Crippen LogP contribution in [0.2, 0.25) is 0 Å². The van der Waals surface area contributed by atoms with Gasteiger partial charge in [-0.1, -0.05) is 28.1 Å². The van der Waals surface area contributed by atoms with Crippen LogP contribution in [0.15, 0.2) is 85.5 Å². The van der Waals surface area contributed by atoms with Crippen molar-refractivity contribution in [2.45, 2.75) is 20.0 Å². The molecule has 5 aromatic rings. The van der Waals surface area contributed by atoms with E-state index in [1.54, 1.807) is 50.2 Å². The average molecular weight is 590 g/mol. The van der Waals surface area contributed by atoms with Crippen molar-refractivity contribution >= 4 is 50.0 Å². The SMILES string of the molecule is CCOC(=O)[C@@H](C)Oc1ccc(C=Nn2c(-c3cc4cc(Br)ccc4o3)nc3ccccc3c2=O)cc1OC. The molecule has 5 rings (SSSR count). The summed E-state index contributed by atoms with van der Waals surface area (Å²) in [6, 6.07) is 19.6. The number of ether oxygens (including phenoxy) is 3. The van der Waals surface area contributed by atoms with Crippen molar-refractivity contribution in [3.05, 3.63) is 87.1 Å². The zero-order valence-corrected chi connectivity index (χ0v) is 23.0. The first kappa shape index (κ1) is 26.2. The summed E-state index contributed by atoms with van der Waals surface area (Å²) in [4.78, 5) is 30.2. The van der Waals surface area contributed by atoms with Crippen LogP contribution in [0, 0.1) is 0 Å². The van der Waals surface area contributed by atoms with Crippen LogP contribution in [0.25, 0.3) is 33.5 Å². The molecule has 0 aliphatic heterocycles. The number of para-hydroxylation sites is 1. The van der Waals surface area contributed by atoms with E-state index in [2.05, 4.69) is 21.0 Å². The molecule has 9 nitrogen and oxygen atoms in total. The Hall–Kier alpha value is -4.44. The van der Waals surface area contributed by atoms with E-state index < -0.39 is 12.1 Å². The molecular weight excluding hydrogens is 566 g/mol. The highest BCUT2D eigenvalue weighted by atomic mass is 79.9. The van der Waals surface area contributed by atoms with Gasteiger partial charge in [0, 0.05) is 9.86 Å². The van der Waals surface area contributed by atoms with Crippen molar-refractivity contribution in [2.75, 3.05) is 13.7 Å². The van der Waals surface area contributed by atoms with Gasteiger partial charge in [-0.2, -0.15) is 9.78 Å². The molecule has 1 atom stereocenters. The van der Waals surface area contributed by atoms with E-state index in [9.17, 15) is 9.59 Å². The highest BCUT2D eigenvalue weighted by Crippen LogP contribution is 2.30. The minimum absolute atomic E-state index is 0.260. The van der Waals surface area contributed by atoms with Crippen molar-refractivity contribution in [3.63, 3.8) is 0 Å². The van der Waals surface area contributed by atoms with Crippen LogP contribution in [0.3, 0.4) is 0 Å². The van der Waals surface area contributed by atoms with Crippen LogP contribution in [0.1, 0.15) is 19.4 Å². The fourth-order valence-electron chi connectivity index (χ4n) is 4.00. The number of nitrogens with zero attached hydrogens (tertiary/aromatic N) is 3. The lowest BCUT2D eigenvalue weighted by Gasteiger charge is -2.16. The van der Waals surface area contributed by atoms with E-state index in [1.165, 1.54) is 18.0 Å². The van der Waals surface area contributed by atoms with E-state index >= 15 is 0 Å². The standard InChI is InChI=1S/C29H24BrN3O6/c1-4-37-29(35)17(2)38-24-11-9-18(13-25(24)36-3)16-31-33-27(32-22-8-6-5-7-21(22)28(33)34)26-15-19-14-20(30)10-12-23(19)39-26/h5-17H,4H2,1-3H3/t17-/m1/s1. The predicted molar refractivity (Wildman–Crippen MR) is 152 cm³/mol. The molecule has 39 heavy (non-hydrogen) atoms. The lowest BCUT2D eigenvalue weighted by Crippen LogP contribution is -2.26. The predicted octanol–water partition coefficient (Wildman–Crippen LogP) is 5.79. The minimum Gasteiger partial charge on any atom is -0.493 e. The molecule has 0 fully saturated rings. The maximum absolute atomic E-state index is 13.5. The molecule has 0 N–H and O–H groups in total. The normalized spacial score (nSPS) is 12.2. The van der Waals surface area contributed by atoms with Crippen LogP contribution in [0.5, 0.6) is 11.5 Å². The quantitative estimate of drug-likeness (QED) is 0.166. The second-order valence-electron chi connectivity index (χ2n) is 8.53. The van der Waals surface area contributed by atoms with Gasteiger partial charge in [0.2, 0.25) is 5.82 Å². The number of benzene rings is 3. The summed E-state index contributed by atoms with van der Waals surface area (Å²) >= 11 is 3.47. The van der Waals surface area contributed by atoms with Crippen molar-refractivity contribution in [1.82, 2.24) is 9.66 Å². The van der Waals surface area contributed by atoms with Gasteiger partial charge in [-0.25, -0.2) is 9.78 Å². The Labute approximate surface area is 231 Å². The molecule has 0 radical (unpaired) electrons. The fourth-order valence-corrected chi connectivity index (χ4v) is 4.38. The number of rotatable bonds is 8. The largest absolute Gasteiger partial charge is 0.493 e. The second-order valence-corrected chi connectivity index (χ2v) is 9.44.